The van der Waals surface area contributed by atoms with Crippen LogP contribution in [0.25, 0.3) is 0 Å². The van der Waals surface area contributed by atoms with Crippen LogP contribution in [0.3, 0.4) is 0 Å². The second kappa shape index (κ2) is 6.38. The number of amides is 1. The number of carbonyl (C=O) groups is 1. The number of rotatable bonds is 3. The number of hydrogen-bond acceptors (Lipinski definition) is 3. The number of hydrogen-bond donors (Lipinski definition) is 0. The van der Waals surface area contributed by atoms with Crippen LogP contribution < -0.4 is 4.90 Å². The number of likely N-dealkylation sites (tertiary alicyclic amines) is 1. The van der Waals surface area contributed by atoms with Crippen molar-refractivity contribution in [3.63, 3.8) is 0 Å². The molecule has 2 aliphatic rings. The molecule has 0 radical (unpaired) electrons. The zero-order chi connectivity index (χ0) is 16.4. The summed E-state index contributed by atoms with van der Waals surface area (Å²) in [5.41, 5.74) is 2.05. The number of anilines is 1. The van der Waals surface area contributed by atoms with E-state index in [-0.39, 0.29) is 18.1 Å². The fraction of sp³-hybridized carbons (Fsp3) is 0.350. The Morgan fingerprint density at radius 1 is 0.958 bits per heavy atom. The average molecular weight is 322 g/mol. The number of morpholine rings is 1. The molecule has 0 bridgehead atoms. The highest BCUT2D eigenvalue weighted by molar-refractivity contribution is 5.95. The Bertz CT molecular complexity index is 704. The Labute approximate surface area is 142 Å². The molecule has 2 aromatic carbocycles. The topological polar surface area (TPSA) is 32.8 Å². The summed E-state index contributed by atoms with van der Waals surface area (Å²) >= 11 is 0. The molecular weight excluding hydrogens is 300 g/mol. The predicted molar refractivity (Wildman–Crippen MR) is 93.8 cm³/mol. The van der Waals surface area contributed by atoms with Gasteiger partial charge in [-0.3, -0.25) is 9.69 Å². The van der Waals surface area contributed by atoms with Gasteiger partial charge in [-0.15, -0.1) is 0 Å². The van der Waals surface area contributed by atoms with Crippen molar-refractivity contribution in [2.75, 3.05) is 31.1 Å². The first-order valence-corrected chi connectivity index (χ1v) is 8.50. The molecule has 24 heavy (non-hydrogen) atoms. The molecule has 2 fully saturated rings. The summed E-state index contributed by atoms with van der Waals surface area (Å²) in [7, 11) is 0. The van der Waals surface area contributed by atoms with Crippen molar-refractivity contribution in [3.8, 4) is 0 Å². The van der Waals surface area contributed by atoms with Gasteiger partial charge in [-0.25, -0.2) is 0 Å². The minimum absolute atomic E-state index is 0.0494. The smallest absolute Gasteiger partial charge is 0.253 e. The van der Waals surface area contributed by atoms with Crippen molar-refractivity contribution in [2.45, 2.75) is 18.6 Å². The summed E-state index contributed by atoms with van der Waals surface area (Å²) in [5, 5.41) is 0. The van der Waals surface area contributed by atoms with E-state index in [1.54, 1.807) is 0 Å². The van der Waals surface area contributed by atoms with E-state index in [1.807, 2.05) is 41.3 Å². The summed E-state index contributed by atoms with van der Waals surface area (Å²) in [6.07, 6.45) is 0.969. The Balaban J connectivity index is 1.47. The van der Waals surface area contributed by atoms with E-state index in [9.17, 15) is 4.79 Å². The molecular formula is C20H22N2O2. The maximum Gasteiger partial charge on any atom is 0.253 e. The maximum atomic E-state index is 12.3. The van der Waals surface area contributed by atoms with Gasteiger partial charge in [0.1, 0.15) is 12.2 Å². The van der Waals surface area contributed by atoms with Crippen molar-refractivity contribution in [1.29, 1.82) is 0 Å². The van der Waals surface area contributed by atoms with E-state index in [1.165, 1.54) is 5.56 Å². The first-order chi connectivity index (χ1) is 11.7. The van der Waals surface area contributed by atoms with Crippen LogP contribution in [0.5, 0.6) is 0 Å². The predicted octanol–water partition coefficient (Wildman–Crippen LogP) is 2.69. The summed E-state index contributed by atoms with van der Waals surface area (Å²) in [5.74, 6) is 0.0494. The van der Waals surface area contributed by atoms with Gasteiger partial charge < -0.3 is 9.64 Å². The highest BCUT2D eigenvalue weighted by Gasteiger charge is 2.45. The lowest BCUT2D eigenvalue weighted by molar-refractivity contribution is -0.137. The van der Waals surface area contributed by atoms with Crippen LogP contribution in [0, 0.1) is 0 Å². The number of nitrogens with zero attached hydrogens (tertiary/aromatic N) is 2. The molecule has 0 aliphatic carbocycles. The zero-order valence-electron chi connectivity index (χ0n) is 13.7. The van der Waals surface area contributed by atoms with E-state index in [0.717, 1.165) is 31.7 Å². The minimum Gasteiger partial charge on any atom is -0.362 e. The number of benzene rings is 2. The molecule has 1 atom stereocenters. The number of carbonyl (C=O) groups excluding carboxylic acids is 1. The molecule has 2 heterocycles. The summed E-state index contributed by atoms with van der Waals surface area (Å²) in [6, 6.07) is 20.4. The maximum absolute atomic E-state index is 12.3. The molecule has 124 valence electrons. The second-order valence-electron chi connectivity index (χ2n) is 6.73. The molecule has 4 rings (SSSR count). The van der Waals surface area contributed by atoms with Gasteiger partial charge in [0.25, 0.3) is 5.91 Å². The molecule has 2 aliphatic heterocycles. The SMILES string of the molecule is O=C1CO[C@]2(CCN(Cc3ccccc3)C2)CN1c1ccccc1. The molecule has 2 saturated heterocycles. The minimum atomic E-state index is -0.238. The van der Waals surface area contributed by atoms with E-state index in [2.05, 4.69) is 29.2 Å². The van der Waals surface area contributed by atoms with Crippen LogP contribution in [-0.4, -0.2) is 42.6 Å². The fourth-order valence-electron chi connectivity index (χ4n) is 3.71. The van der Waals surface area contributed by atoms with E-state index in [0.29, 0.717) is 6.54 Å². The van der Waals surface area contributed by atoms with Gasteiger partial charge in [0.2, 0.25) is 0 Å². The molecule has 4 nitrogen and oxygen atoms in total. The highest BCUT2D eigenvalue weighted by atomic mass is 16.5. The largest absolute Gasteiger partial charge is 0.362 e. The number of para-hydroxylation sites is 1. The van der Waals surface area contributed by atoms with Crippen molar-refractivity contribution < 1.29 is 9.53 Å². The number of ether oxygens (including phenoxy) is 1. The van der Waals surface area contributed by atoms with E-state index < -0.39 is 0 Å². The second-order valence-corrected chi connectivity index (χ2v) is 6.73. The Hall–Kier alpha value is -2.17. The molecule has 0 N–H and O–H groups in total. The van der Waals surface area contributed by atoms with Crippen molar-refractivity contribution in [2.24, 2.45) is 0 Å². The molecule has 1 spiro atoms. The van der Waals surface area contributed by atoms with Gasteiger partial charge in [-0.1, -0.05) is 48.5 Å². The summed E-state index contributed by atoms with van der Waals surface area (Å²) < 4.78 is 6.03. The molecule has 0 unspecified atom stereocenters. The van der Waals surface area contributed by atoms with E-state index in [4.69, 9.17) is 4.74 Å². The highest BCUT2D eigenvalue weighted by Crippen LogP contribution is 2.32. The molecule has 0 aromatic heterocycles. The first-order valence-electron chi connectivity index (χ1n) is 8.50. The van der Waals surface area contributed by atoms with E-state index >= 15 is 0 Å². The van der Waals surface area contributed by atoms with Gasteiger partial charge in [0.05, 0.1) is 6.54 Å². The standard InChI is InChI=1S/C20H22N2O2/c23-19-14-24-20(16-22(19)18-9-5-2-6-10-18)11-12-21(15-20)13-17-7-3-1-4-8-17/h1-10H,11-16H2/t20-/m0/s1. The Morgan fingerprint density at radius 2 is 1.67 bits per heavy atom. The fourth-order valence-corrected chi connectivity index (χ4v) is 3.71. The van der Waals surface area contributed by atoms with Crippen molar-refractivity contribution in [1.82, 2.24) is 4.90 Å². The molecule has 1 amide bonds. The van der Waals surface area contributed by atoms with Gasteiger partial charge in [0.15, 0.2) is 0 Å². The van der Waals surface area contributed by atoms with Crippen molar-refractivity contribution >= 4 is 11.6 Å². The third-order valence-corrected chi connectivity index (χ3v) is 4.96. The van der Waals surface area contributed by atoms with Gasteiger partial charge >= 0.3 is 0 Å². The molecule has 4 heteroatoms. The van der Waals surface area contributed by atoms with Gasteiger partial charge in [-0.2, -0.15) is 0 Å². The normalized spacial score (nSPS) is 24.7. The Morgan fingerprint density at radius 3 is 2.42 bits per heavy atom. The van der Waals surface area contributed by atoms with Crippen LogP contribution >= 0.6 is 0 Å². The summed E-state index contributed by atoms with van der Waals surface area (Å²) in [6.45, 7) is 3.63. The lowest BCUT2D eigenvalue weighted by Crippen LogP contribution is -2.56. The van der Waals surface area contributed by atoms with Crippen LogP contribution in [0.15, 0.2) is 60.7 Å². The van der Waals surface area contributed by atoms with Crippen LogP contribution in [-0.2, 0) is 16.1 Å². The van der Waals surface area contributed by atoms with Crippen LogP contribution in [0.2, 0.25) is 0 Å². The first kappa shape index (κ1) is 15.4. The monoisotopic (exact) mass is 322 g/mol. The average Bonchev–Trinajstić information content (AvgIpc) is 3.01. The van der Waals surface area contributed by atoms with Gasteiger partial charge in [0, 0.05) is 25.3 Å². The lowest BCUT2D eigenvalue weighted by Gasteiger charge is -2.40. The van der Waals surface area contributed by atoms with Gasteiger partial charge in [-0.05, 0) is 24.1 Å². The van der Waals surface area contributed by atoms with Crippen LogP contribution in [0.4, 0.5) is 5.69 Å². The molecule has 2 aromatic rings. The molecule has 0 saturated carbocycles. The quantitative estimate of drug-likeness (QED) is 0.871. The Kier molecular flexibility index (Phi) is 4.08. The third kappa shape index (κ3) is 3.07. The van der Waals surface area contributed by atoms with Crippen LogP contribution in [0.1, 0.15) is 12.0 Å². The summed E-state index contributed by atoms with van der Waals surface area (Å²) in [4.78, 5) is 16.6. The van der Waals surface area contributed by atoms with Crippen molar-refractivity contribution in [3.05, 3.63) is 66.2 Å². The lowest BCUT2D eigenvalue weighted by atomic mass is 10.00. The third-order valence-electron chi connectivity index (χ3n) is 4.96. The zero-order valence-corrected chi connectivity index (χ0v) is 13.7.